The molecule has 3 unspecified atom stereocenters. The SMILES string of the molecule is CCCC1(CCc2ccccc2)CC(O)=C(C2CC(c3ccc(-c4ccc(Br)cc4)cc3)Cc3ccccc32)C(=O)O1. The van der Waals surface area contributed by atoms with Crippen LogP contribution in [0.15, 0.2) is 119 Å². The van der Waals surface area contributed by atoms with Gasteiger partial charge in [0.05, 0.1) is 5.57 Å². The molecular formula is C38H37BrO3. The van der Waals surface area contributed by atoms with Gasteiger partial charge in [0.1, 0.15) is 11.4 Å². The minimum Gasteiger partial charge on any atom is -0.512 e. The van der Waals surface area contributed by atoms with E-state index in [0.717, 1.165) is 42.1 Å². The second-order valence-corrected chi connectivity index (χ2v) is 12.8. The smallest absolute Gasteiger partial charge is 0.338 e. The zero-order valence-electron chi connectivity index (χ0n) is 24.1. The molecule has 0 bridgehead atoms. The van der Waals surface area contributed by atoms with Gasteiger partial charge in [-0.2, -0.15) is 0 Å². The molecule has 6 rings (SSSR count). The Morgan fingerprint density at radius 1 is 0.857 bits per heavy atom. The number of rotatable bonds is 8. The van der Waals surface area contributed by atoms with Crippen molar-refractivity contribution in [1.82, 2.24) is 0 Å². The van der Waals surface area contributed by atoms with Crippen molar-refractivity contribution in [3.05, 3.63) is 141 Å². The molecule has 0 saturated heterocycles. The predicted octanol–water partition coefficient (Wildman–Crippen LogP) is 9.86. The molecule has 0 spiro atoms. The number of hydrogen-bond donors (Lipinski definition) is 1. The number of cyclic esters (lactones) is 1. The summed E-state index contributed by atoms with van der Waals surface area (Å²) in [6.45, 7) is 2.11. The van der Waals surface area contributed by atoms with E-state index in [2.05, 4.69) is 102 Å². The van der Waals surface area contributed by atoms with Crippen molar-refractivity contribution in [2.24, 2.45) is 0 Å². The Labute approximate surface area is 257 Å². The van der Waals surface area contributed by atoms with E-state index in [9.17, 15) is 9.90 Å². The summed E-state index contributed by atoms with van der Waals surface area (Å²) in [5.41, 5.74) is 6.97. The lowest BCUT2D eigenvalue weighted by Crippen LogP contribution is -2.42. The Hall–Kier alpha value is -3.63. The molecule has 4 aromatic rings. The average molecular weight is 622 g/mol. The molecule has 0 aromatic heterocycles. The van der Waals surface area contributed by atoms with Crippen molar-refractivity contribution in [2.45, 2.75) is 69.3 Å². The number of aliphatic hydroxyl groups excluding tert-OH is 1. The topological polar surface area (TPSA) is 46.5 Å². The highest BCUT2D eigenvalue weighted by Gasteiger charge is 2.45. The first-order chi connectivity index (χ1) is 20.4. The Balaban J connectivity index is 1.28. The summed E-state index contributed by atoms with van der Waals surface area (Å²) >= 11 is 3.52. The number of esters is 1. The minimum atomic E-state index is -0.675. The van der Waals surface area contributed by atoms with Gasteiger partial charge in [0.15, 0.2) is 0 Å². The fraction of sp³-hybridized carbons (Fsp3) is 0.289. The van der Waals surface area contributed by atoms with Crippen molar-refractivity contribution in [3.8, 4) is 11.1 Å². The first kappa shape index (κ1) is 28.5. The fourth-order valence-electron chi connectivity index (χ4n) is 6.96. The van der Waals surface area contributed by atoms with Crippen molar-refractivity contribution >= 4 is 21.9 Å². The normalized spacial score (nSPS) is 22.0. The van der Waals surface area contributed by atoms with Crippen LogP contribution in [-0.4, -0.2) is 16.7 Å². The van der Waals surface area contributed by atoms with Gasteiger partial charge in [-0.25, -0.2) is 4.79 Å². The van der Waals surface area contributed by atoms with E-state index in [4.69, 9.17) is 4.74 Å². The van der Waals surface area contributed by atoms with Crippen molar-refractivity contribution < 1.29 is 14.6 Å². The van der Waals surface area contributed by atoms with Gasteiger partial charge >= 0.3 is 5.97 Å². The molecule has 4 aromatic carbocycles. The van der Waals surface area contributed by atoms with E-state index in [1.165, 1.54) is 27.8 Å². The van der Waals surface area contributed by atoms with Crippen molar-refractivity contribution in [1.29, 1.82) is 0 Å². The maximum Gasteiger partial charge on any atom is 0.338 e. The van der Waals surface area contributed by atoms with Crippen LogP contribution in [-0.2, 0) is 22.4 Å². The monoisotopic (exact) mass is 620 g/mol. The minimum absolute atomic E-state index is 0.202. The molecule has 3 nitrogen and oxygen atoms in total. The predicted molar refractivity (Wildman–Crippen MR) is 173 cm³/mol. The van der Waals surface area contributed by atoms with Gasteiger partial charge in [0.25, 0.3) is 0 Å². The van der Waals surface area contributed by atoms with Gasteiger partial charge in [-0.15, -0.1) is 0 Å². The van der Waals surface area contributed by atoms with Crippen molar-refractivity contribution in [3.63, 3.8) is 0 Å². The Bertz CT molecular complexity index is 1570. The first-order valence-electron chi connectivity index (χ1n) is 15.1. The molecular weight excluding hydrogens is 584 g/mol. The third-order valence-corrected chi connectivity index (χ3v) is 9.60. The molecule has 1 aliphatic heterocycles. The second-order valence-electron chi connectivity index (χ2n) is 11.9. The number of hydrogen-bond acceptors (Lipinski definition) is 3. The summed E-state index contributed by atoms with van der Waals surface area (Å²) in [6.07, 6.45) is 5.16. The number of aliphatic hydroxyl groups is 1. The lowest BCUT2D eigenvalue weighted by molar-refractivity contribution is -0.161. The summed E-state index contributed by atoms with van der Waals surface area (Å²) in [5.74, 6) is -0.116. The van der Waals surface area contributed by atoms with Crippen LogP contribution in [0.5, 0.6) is 0 Å². The standard InChI is InChI=1S/C38H37BrO3/c1-2-21-38(22-20-26-8-4-3-5-9-26)25-35(40)36(37(41)42-38)34-24-31(23-30-10-6-7-11-33(30)34)29-14-12-27(13-15-29)28-16-18-32(39)19-17-28/h3-19,31,34,40H,2,20-25H2,1H3. The van der Waals surface area contributed by atoms with Crippen LogP contribution in [0.2, 0.25) is 0 Å². The highest BCUT2D eigenvalue weighted by atomic mass is 79.9. The van der Waals surface area contributed by atoms with Crippen LogP contribution >= 0.6 is 15.9 Å². The molecule has 0 fully saturated rings. The molecule has 0 radical (unpaired) electrons. The third kappa shape index (κ3) is 5.96. The Kier molecular flexibility index (Phi) is 8.35. The summed E-state index contributed by atoms with van der Waals surface area (Å²) in [5, 5.41) is 11.6. The van der Waals surface area contributed by atoms with Gasteiger partial charge < -0.3 is 9.84 Å². The molecule has 2 aliphatic rings. The van der Waals surface area contributed by atoms with Gasteiger partial charge in [-0.3, -0.25) is 0 Å². The number of ether oxygens (including phenoxy) is 1. The van der Waals surface area contributed by atoms with Crippen LogP contribution in [0.1, 0.15) is 73.1 Å². The van der Waals surface area contributed by atoms with Gasteiger partial charge in [0, 0.05) is 16.8 Å². The van der Waals surface area contributed by atoms with E-state index >= 15 is 0 Å². The van der Waals surface area contributed by atoms with Crippen LogP contribution < -0.4 is 0 Å². The Morgan fingerprint density at radius 2 is 1.52 bits per heavy atom. The van der Waals surface area contributed by atoms with Gasteiger partial charge in [-0.05, 0) is 83.5 Å². The first-order valence-corrected chi connectivity index (χ1v) is 15.9. The van der Waals surface area contributed by atoms with Gasteiger partial charge in [0.2, 0.25) is 0 Å². The van der Waals surface area contributed by atoms with Crippen LogP contribution in [0.25, 0.3) is 11.1 Å². The van der Waals surface area contributed by atoms with E-state index in [1.807, 2.05) is 24.3 Å². The Morgan fingerprint density at radius 3 is 2.21 bits per heavy atom. The summed E-state index contributed by atoms with van der Waals surface area (Å²) in [6, 6.07) is 35.9. The van der Waals surface area contributed by atoms with E-state index < -0.39 is 5.60 Å². The molecule has 1 aliphatic carbocycles. The molecule has 4 heteroatoms. The van der Waals surface area contributed by atoms with Crippen LogP contribution in [0, 0.1) is 0 Å². The number of halogens is 1. The van der Waals surface area contributed by atoms with E-state index in [0.29, 0.717) is 18.4 Å². The molecule has 1 heterocycles. The summed E-state index contributed by atoms with van der Waals surface area (Å²) in [7, 11) is 0. The van der Waals surface area contributed by atoms with E-state index in [-0.39, 0.29) is 23.6 Å². The largest absolute Gasteiger partial charge is 0.512 e. The maximum atomic E-state index is 13.8. The van der Waals surface area contributed by atoms with E-state index in [1.54, 1.807) is 0 Å². The number of carbonyl (C=O) groups excluding carboxylic acids is 1. The number of carbonyl (C=O) groups is 1. The van der Waals surface area contributed by atoms with Crippen LogP contribution in [0.3, 0.4) is 0 Å². The highest BCUT2D eigenvalue weighted by Crippen LogP contribution is 2.48. The zero-order valence-corrected chi connectivity index (χ0v) is 25.6. The zero-order chi connectivity index (χ0) is 29.1. The highest BCUT2D eigenvalue weighted by molar-refractivity contribution is 9.10. The number of benzene rings is 4. The number of aryl methyl sites for hydroxylation is 1. The molecule has 0 amide bonds. The average Bonchev–Trinajstić information content (AvgIpc) is 3.01. The summed E-state index contributed by atoms with van der Waals surface area (Å²) < 4.78 is 7.41. The molecule has 3 atom stereocenters. The van der Waals surface area contributed by atoms with Crippen LogP contribution in [0.4, 0.5) is 0 Å². The lowest BCUT2D eigenvalue weighted by Gasteiger charge is -2.40. The molecule has 0 saturated carbocycles. The fourth-order valence-corrected chi connectivity index (χ4v) is 7.23. The quantitative estimate of drug-likeness (QED) is 0.199. The molecule has 42 heavy (non-hydrogen) atoms. The van der Waals surface area contributed by atoms with Crippen molar-refractivity contribution in [2.75, 3.05) is 0 Å². The van der Waals surface area contributed by atoms with Gasteiger partial charge in [-0.1, -0.05) is 120 Å². The molecule has 214 valence electrons. The summed E-state index contributed by atoms with van der Waals surface area (Å²) in [4.78, 5) is 13.8. The third-order valence-electron chi connectivity index (χ3n) is 9.07. The second kappa shape index (κ2) is 12.3. The lowest BCUT2D eigenvalue weighted by atomic mass is 9.70. The number of fused-ring (bicyclic) bond motifs is 1. The maximum absolute atomic E-state index is 13.8. The molecule has 1 N–H and O–H groups in total.